The molecule has 3 heterocycles. The van der Waals surface area contributed by atoms with E-state index >= 15 is 0 Å². The van der Waals surface area contributed by atoms with E-state index in [1.54, 1.807) is 5.48 Å². The SMILES string of the molecule is O=C(CCCCC(=O)Nc1cccc([C@@H]2O[C@H](CN3CCC4(CC3)C(=O)NCN4c3ccccc3)C[C@H](c3ccc(CO)cc3)O2)c1)NO. The van der Waals surface area contributed by atoms with Gasteiger partial charge in [-0.05, 0) is 61.1 Å². The first kappa shape index (κ1) is 34.5. The van der Waals surface area contributed by atoms with Gasteiger partial charge in [-0.2, -0.15) is 0 Å². The predicted molar refractivity (Wildman–Crippen MR) is 182 cm³/mol. The molecule has 0 aromatic heterocycles. The Bertz CT molecular complexity index is 1580. The fourth-order valence-electron chi connectivity index (χ4n) is 7.07. The number of anilines is 2. The molecule has 5 N–H and O–H groups in total. The maximum absolute atomic E-state index is 13.2. The van der Waals surface area contributed by atoms with E-state index in [2.05, 4.69) is 32.6 Å². The molecular weight excluding hydrogens is 626 g/mol. The van der Waals surface area contributed by atoms with Crippen LogP contribution in [-0.4, -0.2) is 70.9 Å². The number of nitrogens with one attached hydrogen (secondary N) is 3. The fourth-order valence-corrected chi connectivity index (χ4v) is 7.07. The highest BCUT2D eigenvalue weighted by molar-refractivity contribution is 5.93. The van der Waals surface area contributed by atoms with Crippen molar-refractivity contribution in [3.05, 3.63) is 95.6 Å². The molecule has 3 fully saturated rings. The van der Waals surface area contributed by atoms with Crippen LogP contribution < -0.4 is 21.0 Å². The van der Waals surface area contributed by atoms with E-state index < -0.39 is 17.7 Å². The zero-order chi connectivity index (χ0) is 34.2. The van der Waals surface area contributed by atoms with Gasteiger partial charge >= 0.3 is 0 Å². The molecule has 0 aliphatic carbocycles. The molecule has 12 nitrogen and oxygen atoms in total. The smallest absolute Gasteiger partial charge is 0.247 e. The molecule has 3 aliphatic rings. The third-order valence-corrected chi connectivity index (χ3v) is 9.79. The fraction of sp³-hybridized carbons (Fsp3) is 0.432. The Kier molecular flexibility index (Phi) is 11.2. The van der Waals surface area contributed by atoms with Gasteiger partial charge in [-0.1, -0.05) is 54.6 Å². The minimum absolute atomic E-state index is 0.0349. The topological polar surface area (TPSA) is 153 Å². The van der Waals surface area contributed by atoms with Gasteiger partial charge in [-0.3, -0.25) is 19.6 Å². The Morgan fingerprint density at radius 1 is 0.898 bits per heavy atom. The number of carbonyl (C=O) groups is 3. The molecule has 260 valence electrons. The lowest BCUT2D eigenvalue weighted by Crippen LogP contribution is -2.57. The number of rotatable bonds is 12. The molecule has 3 aromatic carbocycles. The maximum atomic E-state index is 13.2. The molecule has 3 aromatic rings. The van der Waals surface area contributed by atoms with E-state index in [4.69, 9.17) is 14.7 Å². The quantitative estimate of drug-likeness (QED) is 0.109. The van der Waals surface area contributed by atoms with Crippen molar-refractivity contribution in [3.63, 3.8) is 0 Å². The summed E-state index contributed by atoms with van der Waals surface area (Å²) in [4.78, 5) is 41.6. The summed E-state index contributed by atoms with van der Waals surface area (Å²) in [6, 6.07) is 25.3. The second-order valence-corrected chi connectivity index (χ2v) is 13.0. The third-order valence-electron chi connectivity index (χ3n) is 9.79. The summed E-state index contributed by atoms with van der Waals surface area (Å²) in [6.45, 7) is 2.66. The molecule has 1 spiro atoms. The summed E-state index contributed by atoms with van der Waals surface area (Å²) >= 11 is 0. The minimum Gasteiger partial charge on any atom is -0.392 e. The van der Waals surface area contributed by atoms with Crippen LogP contribution in [0, 0.1) is 0 Å². The lowest BCUT2D eigenvalue weighted by Gasteiger charge is -2.45. The molecule has 0 unspecified atom stereocenters. The van der Waals surface area contributed by atoms with Crippen molar-refractivity contribution in [3.8, 4) is 0 Å². The van der Waals surface area contributed by atoms with Crippen LogP contribution in [-0.2, 0) is 30.5 Å². The average molecular weight is 672 g/mol. The Balaban J connectivity index is 1.13. The van der Waals surface area contributed by atoms with E-state index in [0.29, 0.717) is 51.0 Å². The number of nitrogens with zero attached hydrogens (tertiary/aromatic N) is 2. The number of hydrogen-bond donors (Lipinski definition) is 5. The number of aliphatic hydroxyl groups is 1. The zero-order valence-corrected chi connectivity index (χ0v) is 27.6. The molecule has 6 rings (SSSR count). The van der Waals surface area contributed by atoms with Gasteiger partial charge in [0.2, 0.25) is 17.7 Å². The molecule has 0 bridgehead atoms. The van der Waals surface area contributed by atoms with Gasteiger partial charge in [0.15, 0.2) is 6.29 Å². The lowest BCUT2D eigenvalue weighted by molar-refractivity contribution is -0.253. The van der Waals surface area contributed by atoms with Gasteiger partial charge < -0.3 is 35.0 Å². The van der Waals surface area contributed by atoms with E-state index in [9.17, 15) is 19.5 Å². The molecule has 3 aliphatic heterocycles. The molecule has 3 atom stereocenters. The predicted octanol–water partition coefficient (Wildman–Crippen LogP) is 4.16. The van der Waals surface area contributed by atoms with E-state index in [-0.39, 0.29) is 43.5 Å². The first-order valence-electron chi connectivity index (χ1n) is 17.0. The van der Waals surface area contributed by atoms with Crippen LogP contribution in [0.2, 0.25) is 0 Å². The van der Waals surface area contributed by atoms with E-state index in [1.165, 1.54) is 0 Å². The third kappa shape index (κ3) is 8.28. The van der Waals surface area contributed by atoms with Crippen LogP contribution in [0.1, 0.15) is 74.0 Å². The van der Waals surface area contributed by atoms with Crippen molar-refractivity contribution in [2.24, 2.45) is 0 Å². The maximum Gasteiger partial charge on any atom is 0.247 e. The van der Waals surface area contributed by atoms with Crippen LogP contribution >= 0.6 is 0 Å². The first-order chi connectivity index (χ1) is 23.9. The molecular formula is C37H45N5O7. The van der Waals surface area contributed by atoms with Gasteiger partial charge in [0, 0.05) is 55.8 Å². The molecule has 0 radical (unpaired) electrons. The normalized spacial score (nSPS) is 22.1. The number of piperidine rings is 1. The highest BCUT2D eigenvalue weighted by Gasteiger charge is 2.50. The number of hydrogen-bond acceptors (Lipinski definition) is 9. The van der Waals surface area contributed by atoms with E-state index in [1.807, 2.05) is 66.7 Å². The summed E-state index contributed by atoms with van der Waals surface area (Å²) in [5, 5.41) is 24.2. The number of likely N-dealkylation sites (tertiary alicyclic amines) is 1. The van der Waals surface area contributed by atoms with Crippen LogP contribution in [0.25, 0.3) is 0 Å². The Morgan fingerprint density at radius 2 is 1.63 bits per heavy atom. The minimum atomic E-state index is -0.680. The Morgan fingerprint density at radius 3 is 2.35 bits per heavy atom. The highest BCUT2D eigenvalue weighted by Crippen LogP contribution is 2.40. The van der Waals surface area contributed by atoms with Crippen molar-refractivity contribution in [1.29, 1.82) is 0 Å². The number of amides is 3. The second kappa shape index (κ2) is 15.9. The number of hydroxylamine groups is 1. The zero-order valence-electron chi connectivity index (χ0n) is 27.6. The monoisotopic (exact) mass is 671 g/mol. The Labute approximate surface area is 286 Å². The van der Waals surface area contributed by atoms with Crippen LogP contribution in [0.3, 0.4) is 0 Å². The van der Waals surface area contributed by atoms with Crippen LogP contribution in [0.5, 0.6) is 0 Å². The largest absolute Gasteiger partial charge is 0.392 e. The molecule has 3 saturated heterocycles. The van der Waals surface area contributed by atoms with Crippen molar-refractivity contribution in [2.75, 3.05) is 36.5 Å². The van der Waals surface area contributed by atoms with Crippen LogP contribution in [0.4, 0.5) is 11.4 Å². The molecule has 49 heavy (non-hydrogen) atoms. The van der Waals surface area contributed by atoms with Gasteiger partial charge in [0.05, 0.1) is 25.5 Å². The van der Waals surface area contributed by atoms with Crippen molar-refractivity contribution in [1.82, 2.24) is 15.7 Å². The number of para-hydroxylation sites is 1. The van der Waals surface area contributed by atoms with Crippen molar-refractivity contribution >= 4 is 29.1 Å². The molecule has 3 amide bonds. The number of unbranched alkanes of at least 4 members (excludes halogenated alkanes) is 1. The van der Waals surface area contributed by atoms with E-state index in [0.717, 1.165) is 35.5 Å². The Hall–Kier alpha value is -4.33. The molecule has 0 saturated carbocycles. The molecule has 12 heteroatoms. The number of ether oxygens (including phenoxy) is 2. The number of benzene rings is 3. The lowest BCUT2D eigenvalue weighted by atomic mass is 9.85. The van der Waals surface area contributed by atoms with Crippen molar-refractivity contribution in [2.45, 2.75) is 75.6 Å². The highest BCUT2D eigenvalue weighted by atomic mass is 16.7. The second-order valence-electron chi connectivity index (χ2n) is 13.0. The number of aliphatic hydroxyl groups excluding tert-OH is 1. The summed E-state index contributed by atoms with van der Waals surface area (Å²) < 4.78 is 13.2. The summed E-state index contributed by atoms with van der Waals surface area (Å²) in [5.41, 5.74) is 5.30. The van der Waals surface area contributed by atoms with Crippen molar-refractivity contribution < 1.29 is 34.2 Å². The van der Waals surface area contributed by atoms with Gasteiger partial charge in [-0.25, -0.2) is 5.48 Å². The number of carbonyl (C=O) groups excluding carboxylic acids is 3. The van der Waals surface area contributed by atoms with Gasteiger partial charge in [0.1, 0.15) is 5.54 Å². The summed E-state index contributed by atoms with van der Waals surface area (Å²) in [7, 11) is 0. The standard InChI is InChI=1S/C37H45N5O7/c43-24-26-13-15-27(16-14-26)32-22-31(23-41-19-17-37(18-20-41)36(46)38-25-42(37)30-9-2-1-3-10-30)48-35(49-32)28-7-6-8-29(21-28)39-33(44)11-4-5-12-34(45)40-47/h1-3,6-10,13-16,21,31-32,35,43,47H,4-5,11-12,17-20,22-25H2,(H,38,46)(H,39,44)(H,40,45)/t31-,32+,35+/m0/s1. The average Bonchev–Trinajstić information content (AvgIpc) is 3.45. The summed E-state index contributed by atoms with van der Waals surface area (Å²) in [5.74, 6) is -0.552. The van der Waals surface area contributed by atoms with Gasteiger partial charge in [0.25, 0.3) is 0 Å². The van der Waals surface area contributed by atoms with Crippen LogP contribution in [0.15, 0.2) is 78.9 Å². The summed E-state index contributed by atoms with van der Waals surface area (Å²) in [6.07, 6.45) is 2.36. The van der Waals surface area contributed by atoms with Gasteiger partial charge in [-0.15, -0.1) is 0 Å². The first-order valence-corrected chi connectivity index (χ1v) is 17.0.